The molecule has 3 aromatic rings. The van der Waals surface area contributed by atoms with Gasteiger partial charge in [0.1, 0.15) is 11.5 Å². The molecule has 1 N–H and O–H groups in total. The molecule has 2 aliphatic rings. The topological polar surface area (TPSA) is 65.0 Å². The predicted octanol–water partition coefficient (Wildman–Crippen LogP) is 6.58. The Morgan fingerprint density at radius 1 is 1.05 bits per heavy atom. The highest BCUT2D eigenvalue weighted by molar-refractivity contribution is 6.56. The van der Waals surface area contributed by atoms with E-state index >= 15 is 0 Å². The third-order valence-electron chi connectivity index (χ3n) is 5.92. The highest BCUT2D eigenvalue weighted by Gasteiger charge is 2.43. The van der Waals surface area contributed by atoms with Crippen LogP contribution in [0.2, 0.25) is 0 Å². The molecule has 2 heterocycles. The van der Waals surface area contributed by atoms with Crippen molar-refractivity contribution in [3.05, 3.63) is 95.1 Å². The van der Waals surface area contributed by atoms with Gasteiger partial charge in [-0.3, -0.25) is 0 Å². The maximum atomic E-state index is 13.5. The second-order valence-corrected chi connectivity index (χ2v) is 8.54. The number of benzene rings is 3. The molecule has 0 spiro atoms. The highest BCUT2D eigenvalue weighted by Crippen LogP contribution is 2.45. The lowest BCUT2D eigenvalue weighted by Gasteiger charge is -2.26. The maximum Gasteiger partial charge on any atom is 0.586 e. The molecule has 37 heavy (non-hydrogen) atoms. The number of hydrogen-bond donors (Lipinski definition) is 1. The van der Waals surface area contributed by atoms with Crippen LogP contribution in [0.4, 0.5) is 8.78 Å². The van der Waals surface area contributed by atoms with Crippen LogP contribution >= 0.6 is 0 Å². The third kappa shape index (κ3) is 5.24. The zero-order valence-corrected chi connectivity index (χ0v) is 21.0. The SMILES string of the molecule is C=C1C=C(c2ccc3c(c2)OC(F)(F)O3)Oc2c1cc(C)cc2C(C)[B]c1ccccc1C(=O)O.CC. The lowest BCUT2D eigenvalue weighted by atomic mass is 9.56. The van der Waals surface area contributed by atoms with Crippen molar-refractivity contribution in [3.8, 4) is 17.2 Å². The molecule has 1 radical (unpaired) electrons. The molecule has 5 nitrogen and oxygen atoms in total. The van der Waals surface area contributed by atoms with Crippen molar-refractivity contribution in [1.82, 2.24) is 0 Å². The Morgan fingerprint density at radius 2 is 1.76 bits per heavy atom. The quantitative estimate of drug-likeness (QED) is 0.399. The average Bonchev–Trinajstić information content (AvgIpc) is 3.18. The Labute approximate surface area is 215 Å². The van der Waals surface area contributed by atoms with E-state index in [0.717, 1.165) is 16.7 Å². The summed E-state index contributed by atoms with van der Waals surface area (Å²) in [5.41, 5.74) is 4.69. The molecule has 0 saturated heterocycles. The number of rotatable bonds is 5. The zero-order chi connectivity index (χ0) is 26.9. The van der Waals surface area contributed by atoms with Gasteiger partial charge in [0.25, 0.3) is 0 Å². The van der Waals surface area contributed by atoms with Crippen molar-refractivity contribution in [2.45, 2.75) is 39.8 Å². The summed E-state index contributed by atoms with van der Waals surface area (Å²) in [6, 6.07) is 15.2. The van der Waals surface area contributed by atoms with E-state index in [1.54, 1.807) is 36.4 Å². The number of aromatic carboxylic acids is 1. The smallest absolute Gasteiger partial charge is 0.478 e. The maximum absolute atomic E-state index is 13.5. The summed E-state index contributed by atoms with van der Waals surface area (Å²) in [6.07, 6.45) is -1.96. The number of ether oxygens (including phenoxy) is 3. The predicted molar refractivity (Wildman–Crippen MR) is 140 cm³/mol. The molecule has 8 heteroatoms. The molecule has 189 valence electrons. The first-order valence-corrected chi connectivity index (χ1v) is 11.9. The molecule has 0 saturated carbocycles. The summed E-state index contributed by atoms with van der Waals surface area (Å²) in [4.78, 5) is 11.7. The van der Waals surface area contributed by atoms with Crippen LogP contribution < -0.4 is 19.7 Å². The number of carboxylic acids is 1. The molecule has 0 fully saturated rings. The van der Waals surface area contributed by atoms with E-state index in [-0.39, 0.29) is 22.9 Å². The second-order valence-electron chi connectivity index (χ2n) is 8.54. The lowest BCUT2D eigenvalue weighted by Crippen LogP contribution is -2.27. The number of aryl methyl sites for hydroxylation is 1. The second kappa shape index (κ2) is 10.1. The number of carboxylic acid groups (broad SMARTS) is 1. The Morgan fingerprint density at radius 3 is 2.49 bits per heavy atom. The van der Waals surface area contributed by atoms with Gasteiger partial charge in [0.15, 0.2) is 18.8 Å². The summed E-state index contributed by atoms with van der Waals surface area (Å²) in [5, 5.41) is 9.55. The first kappa shape index (κ1) is 26.0. The van der Waals surface area contributed by atoms with E-state index in [2.05, 4.69) is 16.1 Å². The van der Waals surface area contributed by atoms with Gasteiger partial charge in [0.2, 0.25) is 0 Å². The molecule has 0 aliphatic carbocycles. The van der Waals surface area contributed by atoms with Gasteiger partial charge in [0.05, 0.1) is 5.56 Å². The molecule has 2 aliphatic heterocycles. The summed E-state index contributed by atoms with van der Waals surface area (Å²) in [6.45, 7) is 12.1. The molecule has 0 aromatic heterocycles. The molecular weight excluding hydrogens is 477 g/mol. The fourth-order valence-corrected chi connectivity index (χ4v) is 4.31. The number of carbonyl (C=O) groups is 1. The third-order valence-corrected chi connectivity index (χ3v) is 5.92. The molecule has 5 rings (SSSR count). The van der Waals surface area contributed by atoms with Crippen molar-refractivity contribution >= 4 is 30.0 Å². The first-order valence-electron chi connectivity index (χ1n) is 11.9. The van der Waals surface area contributed by atoms with E-state index in [4.69, 9.17) is 4.74 Å². The summed E-state index contributed by atoms with van der Waals surface area (Å²) in [5.74, 6) is -0.328. The molecule has 1 unspecified atom stereocenters. The van der Waals surface area contributed by atoms with Crippen molar-refractivity contribution in [3.63, 3.8) is 0 Å². The molecule has 1 atom stereocenters. The van der Waals surface area contributed by atoms with Gasteiger partial charge in [-0.1, -0.05) is 57.1 Å². The van der Waals surface area contributed by atoms with Crippen LogP contribution in [0.5, 0.6) is 17.2 Å². The fraction of sp³-hybridized carbons (Fsp3) is 0.207. The van der Waals surface area contributed by atoms with Gasteiger partial charge in [-0.25, -0.2) is 4.79 Å². The van der Waals surface area contributed by atoms with Gasteiger partial charge in [0, 0.05) is 11.1 Å². The van der Waals surface area contributed by atoms with Crippen molar-refractivity contribution < 1.29 is 32.9 Å². The van der Waals surface area contributed by atoms with E-state index in [9.17, 15) is 18.7 Å². The number of allylic oxidation sites excluding steroid dienone is 2. The summed E-state index contributed by atoms with van der Waals surface area (Å²) >= 11 is 0. The van der Waals surface area contributed by atoms with Crippen LogP contribution in [0.15, 0.2) is 67.3 Å². The Balaban J connectivity index is 0.00000156. The first-order chi connectivity index (χ1) is 17.6. The normalized spacial score (nSPS) is 15.4. The Bertz CT molecular complexity index is 1410. The number of fused-ring (bicyclic) bond motifs is 2. The van der Waals surface area contributed by atoms with Crippen LogP contribution in [0.3, 0.4) is 0 Å². The van der Waals surface area contributed by atoms with Gasteiger partial charge >= 0.3 is 12.3 Å². The van der Waals surface area contributed by atoms with E-state index < -0.39 is 12.3 Å². The van der Waals surface area contributed by atoms with Crippen LogP contribution in [0, 0.1) is 6.92 Å². The van der Waals surface area contributed by atoms with E-state index in [1.165, 1.54) is 12.1 Å². The number of halogens is 2. The lowest BCUT2D eigenvalue weighted by molar-refractivity contribution is -0.286. The standard InChI is InChI=1S/C27H20BF2O5.C2H6/c1-14-10-19-15(2)12-23(17-8-9-22-24(13-17)35-27(29,30)34-22)33-25(19)20(11-14)16(3)28-21-7-5-4-6-18(21)26(31)32;1-2/h4-13,16H,2H2,1,3H3,(H,31,32);1-2H3. The van der Waals surface area contributed by atoms with E-state index in [0.29, 0.717) is 28.1 Å². The highest BCUT2D eigenvalue weighted by atomic mass is 19.3. The van der Waals surface area contributed by atoms with Crippen molar-refractivity contribution in [2.24, 2.45) is 0 Å². The van der Waals surface area contributed by atoms with Gasteiger partial charge < -0.3 is 19.3 Å². The van der Waals surface area contributed by atoms with Gasteiger partial charge in [-0.05, 0) is 65.8 Å². The van der Waals surface area contributed by atoms with E-state index in [1.807, 2.05) is 47.1 Å². The molecule has 3 aromatic carbocycles. The molecular formula is C29H26BF2O5. The van der Waals surface area contributed by atoms with Crippen LogP contribution in [-0.4, -0.2) is 24.6 Å². The minimum atomic E-state index is -3.71. The van der Waals surface area contributed by atoms with Crippen molar-refractivity contribution in [1.29, 1.82) is 0 Å². The monoisotopic (exact) mass is 503 g/mol. The fourth-order valence-electron chi connectivity index (χ4n) is 4.31. The van der Waals surface area contributed by atoms with Gasteiger partial charge in [-0.2, -0.15) is 0 Å². The largest absolute Gasteiger partial charge is 0.586 e. The Hall–Kier alpha value is -4.07. The number of alkyl halides is 2. The number of hydrogen-bond acceptors (Lipinski definition) is 4. The summed E-state index contributed by atoms with van der Waals surface area (Å²) < 4.78 is 42.3. The minimum absolute atomic E-state index is 0.0500. The average molecular weight is 503 g/mol. The summed E-state index contributed by atoms with van der Waals surface area (Å²) in [7, 11) is 1.88. The van der Waals surface area contributed by atoms with Crippen LogP contribution in [0.25, 0.3) is 11.3 Å². The molecule has 0 amide bonds. The van der Waals surface area contributed by atoms with Crippen LogP contribution in [0.1, 0.15) is 59.2 Å². The molecule has 0 bridgehead atoms. The van der Waals surface area contributed by atoms with Crippen molar-refractivity contribution in [2.75, 3.05) is 0 Å². The zero-order valence-electron chi connectivity index (χ0n) is 21.0. The minimum Gasteiger partial charge on any atom is -0.478 e. The van der Waals surface area contributed by atoms with Crippen LogP contribution in [-0.2, 0) is 0 Å². The van der Waals surface area contributed by atoms with Gasteiger partial charge in [-0.15, -0.1) is 8.78 Å². The Kier molecular flexibility index (Phi) is 7.12.